The first-order valence-electron chi connectivity index (χ1n) is 8.36. The number of aliphatic hydroxyl groups is 1. The highest BCUT2D eigenvalue weighted by atomic mass is 16.5. The molecule has 2 aromatic carbocycles. The molecular formula is C20H20N2O3. The topological polar surface area (TPSA) is 65.6 Å². The Morgan fingerprint density at radius 3 is 2.84 bits per heavy atom. The smallest absolute Gasteiger partial charge is 0.270 e. The maximum absolute atomic E-state index is 13.1. The van der Waals surface area contributed by atoms with Gasteiger partial charge in [-0.25, -0.2) is 0 Å². The van der Waals surface area contributed by atoms with Crippen molar-refractivity contribution in [2.45, 2.75) is 18.6 Å². The number of fused-ring (bicyclic) bond motifs is 1. The first-order valence-corrected chi connectivity index (χ1v) is 8.36. The molecule has 3 aromatic rings. The lowest BCUT2D eigenvalue weighted by Gasteiger charge is -2.24. The van der Waals surface area contributed by atoms with Crippen LogP contribution in [-0.4, -0.2) is 40.7 Å². The molecule has 1 aliphatic rings. The van der Waals surface area contributed by atoms with Gasteiger partial charge in [0.25, 0.3) is 5.91 Å². The van der Waals surface area contributed by atoms with Crippen molar-refractivity contribution in [3.63, 3.8) is 0 Å². The quantitative estimate of drug-likeness (QED) is 0.772. The summed E-state index contributed by atoms with van der Waals surface area (Å²) >= 11 is 0. The van der Waals surface area contributed by atoms with E-state index in [1.807, 2.05) is 54.6 Å². The number of aromatic amines is 1. The average molecular weight is 336 g/mol. The monoisotopic (exact) mass is 336 g/mol. The summed E-state index contributed by atoms with van der Waals surface area (Å²) in [6.45, 7) is 0.329. The van der Waals surface area contributed by atoms with Gasteiger partial charge in [0.1, 0.15) is 11.4 Å². The van der Waals surface area contributed by atoms with Crippen LogP contribution < -0.4 is 4.74 Å². The van der Waals surface area contributed by atoms with Gasteiger partial charge in [-0.2, -0.15) is 0 Å². The number of likely N-dealkylation sites (tertiary alicyclic amines) is 1. The number of nitrogens with one attached hydrogen (secondary N) is 1. The van der Waals surface area contributed by atoms with Crippen LogP contribution in [-0.2, 0) is 0 Å². The summed E-state index contributed by atoms with van der Waals surface area (Å²) in [7, 11) is 1.62. The van der Waals surface area contributed by atoms with Gasteiger partial charge >= 0.3 is 0 Å². The second kappa shape index (κ2) is 6.26. The minimum atomic E-state index is -0.524. The average Bonchev–Trinajstić information content (AvgIpc) is 3.24. The Morgan fingerprint density at radius 1 is 1.20 bits per heavy atom. The summed E-state index contributed by atoms with van der Waals surface area (Å²) in [6, 6.07) is 17.2. The lowest BCUT2D eigenvalue weighted by Crippen LogP contribution is -2.32. The summed E-state index contributed by atoms with van der Waals surface area (Å²) in [5.74, 6) is 0.650. The molecule has 1 saturated heterocycles. The van der Waals surface area contributed by atoms with Gasteiger partial charge in [0, 0.05) is 17.4 Å². The molecule has 1 aliphatic heterocycles. The predicted molar refractivity (Wildman–Crippen MR) is 95.7 cm³/mol. The molecule has 0 saturated carbocycles. The number of para-hydroxylation sites is 1. The molecule has 5 nitrogen and oxygen atoms in total. The molecular weight excluding hydrogens is 316 g/mol. The van der Waals surface area contributed by atoms with Crippen molar-refractivity contribution in [2.75, 3.05) is 13.7 Å². The van der Waals surface area contributed by atoms with E-state index < -0.39 is 6.10 Å². The third-order valence-corrected chi connectivity index (χ3v) is 4.78. The number of methoxy groups -OCH3 is 1. The van der Waals surface area contributed by atoms with Gasteiger partial charge in [-0.15, -0.1) is 0 Å². The molecule has 0 spiro atoms. The van der Waals surface area contributed by atoms with E-state index in [0.29, 0.717) is 18.7 Å². The van der Waals surface area contributed by atoms with Crippen molar-refractivity contribution in [1.82, 2.24) is 9.88 Å². The number of hydrogen-bond acceptors (Lipinski definition) is 3. The predicted octanol–water partition coefficient (Wildman–Crippen LogP) is 3.12. The van der Waals surface area contributed by atoms with Crippen LogP contribution in [0.5, 0.6) is 5.75 Å². The molecule has 0 bridgehead atoms. The number of ether oxygens (including phenoxy) is 1. The van der Waals surface area contributed by atoms with Crippen LogP contribution in [0.15, 0.2) is 54.6 Å². The molecule has 0 aliphatic carbocycles. The number of benzene rings is 2. The van der Waals surface area contributed by atoms with Crippen LogP contribution in [0.2, 0.25) is 0 Å². The second-order valence-electron chi connectivity index (χ2n) is 6.41. The third kappa shape index (κ3) is 2.87. The number of hydrogen-bond donors (Lipinski definition) is 2. The van der Waals surface area contributed by atoms with Gasteiger partial charge in [-0.05, 0) is 36.2 Å². The molecule has 1 aromatic heterocycles. The molecule has 1 fully saturated rings. The Balaban J connectivity index is 1.67. The van der Waals surface area contributed by atoms with Crippen molar-refractivity contribution >= 4 is 16.8 Å². The molecule has 2 N–H and O–H groups in total. The van der Waals surface area contributed by atoms with Gasteiger partial charge in [0.05, 0.1) is 19.3 Å². The number of H-pyrrole nitrogens is 1. The molecule has 1 amide bonds. The lowest BCUT2D eigenvalue weighted by molar-refractivity contribution is 0.0710. The van der Waals surface area contributed by atoms with Crippen LogP contribution in [0.25, 0.3) is 10.9 Å². The standard InChI is InChI=1S/C20H20N2O3/c1-25-16-7-4-6-14(9-16)19-11-15(23)12-22(19)20(24)18-10-13-5-2-3-8-17(13)21-18/h2-10,15,19,21,23H,11-12H2,1H3/t15-,19+/m1/s1. The minimum Gasteiger partial charge on any atom is -0.497 e. The van der Waals surface area contributed by atoms with Crippen LogP contribution >= 0.6 is 0 Å². The van der Waals surface area contributed by atoms with Crippen molar-refractivity contribution in [3.8, 4) is 5.75 Å². The summed E-state index contributed by atoms with van der Waals surface area (Å²) in [4.78, 5) is 18.0. The van der Waals surface area contributed by atoms with E-state index in [0.717, 1.165) is 22.2 Å². The van der Waals surface area contributed by atoms with Crippen molar-refractivity contribution in [2.24, 2.45) is 0 Å². The number of aliphatic hydroxyl groups excluding tert-OH is 1. The van der Waals surface area contributed by atoms with Crippen LogP contribution in [0.1, 0.15) is 28.5 Å². The first kappa shape index (κ1) is 15.7. The molecule has 25 heavy (non-hydrogen) atoms. The van der Waals surface area contributed by atoms with Gasteiger partial charge in [-0.3, -0.25) is 4.79 Å². The van der Waals surface area contributed by atoms with Gasteiger partial charge in [0.15, 0.2) is 0 Å². The maximum atomic E-state index is 13.1. The Hall–Kier alpha value is -2.79. The zero-order chi connectivity index (χ0) is 17.4. The fourth-order valence-corrected chi connectivity index (χ4v) is 3.55. The maximum Gasteiger partial charge on any atom is 0.270 e. The summed E-state index contributed by atoms with van der Waals surface area (Å²) < 4.78 is 5.29. The number of β-amino-alcohol motifs (C(OH)–C–C–N with tert-alkyl or cyclic N) is 1. The Kier molecular flexibility index (Phi) is 3.93. The van der Waals surface area contributed by atoms with E-state index in [1.165, 1.54) is 0 Å². The fraction of sp³-hybridized carbons (Fsp3) is 0.250. The Bertz CT molecular complexity index is 885. The highest BCUT2D eigenvalue weighted by Gasteiger charge is 2.36. The highest BCUT2D eigenvalue weighted by molar-refractivity contribution is 5.98. The number of amides is 1. The van der Waals surface area contributed by atoms with Crippen molar-refractivity contribution < 1.29 is 14.6 Å². The number of rotatable bonds is 3. The summed E-state index contributed by atoms with van der Waals surface area (Å²) in [5, 5.41) is 11.2. The normalized spacial score (nSPS) is 20.2. The van der Waals surface area contributed by atoms with Crippen LogP contribution in [0.3, 0.4) is 0 Å². The molecule has 2 atom stereocenters. The van der Waals surface area contributed by atoms with E-state index in [4.69, 9.17) is 4.74 Å². The molecule has 128 valence electrons. The fourth-order valence-electron chi connectivity index (χ4n) is 3.55. The Morgan fingerprint density at radius 2 is 2.04 bits per heavy atom. The second-order valence-corrected chi connectivity index (χ2v) is 6.41. The summed E-state index contributed by atoms with van der Waals surface area (Å²) in [6.07, 6.45) is 0.00334. The SMILES string of the molecule is COc1cccc([C@@H]2C[C@@H](O)CN2C(=O)c2cc3ccccc3[nH]2)c1. The van der Waals surface area contributed by atoms with E-state index in [9.17, 15) is 9.90 Å². The minimum absolute atomic E-state index is 0.0967. The van der Waals surface area contributed by atoms with E-state index in [2.05, 4.69) is 4.98 Å². The highest BCUT2D eigenvalue weighted by Crippen LogP contribution is 2.35. The number of carbonyl (C=O) groups excluding carboxylic acids is 1. The number of aromatic nitrogens is 1. The third-order valence-electron chi connectivity index (χ3n) is 4.78. The molecule has 4 rings (SSSR count). The number of carbonyl (C=O) groups is 1. The largest absolute Gasteiger partial charge is 0.497 e. The van der Waals surface area contributed by atoms with Gasteiger partial charge < -0.3 is 19.7 Å². The van der Waals surface area contributed by atoms with Crippen LogP contribution in [0.4, 0.5) is 0 Å². The molecule has 0 radical (unpaired) electrons. The van der Waals surface area contributed by atoms with E-state index >= 15 is 0 Å². The summed E-state index contributed by atoms with van der Waals surface area (Å²) in [5.41, 5.74) is 2.45. The van der Waals surface area contributed by atoms with Crippen LogP contribution in [0, 0.1) is 0 Å². The van der Waals surface area contributed by atoms with Gasteiger partial charge in [-0.1, -0.05) is 30.3 Å². The lowest BCUT2D eigenvalue weighted by atomic mass is 10.0. The molecule has 2 heterocycles. The zero-order valence-corrected chi connectivity index (χ0v) is 14.0. The van der Waals surface area contributed by atoms with E-state index in [1.54, 1.807) is 12.0 Å². The zero-order valence-electron chi connectivity index (χ0n) is 14.0. The molecule has 5 heteroatoms. The molecule has 0 unspecified atom stereocenters. The van der Waals surface area contributed by atoms with Crippen molar-refractivity contribution in [3.05, 3.63) is 65.9 Å². The van der Waals surface area contributed by atoms with Gasteiger partial charge in [0.2, 0.25) is 0 Å². The number of nitrogens with zero attached hydrogens (tertiary/aromatic N) is 1. The van der Waals surface area contributed by atoms with Crippen molar-refractivity contribution in [1.29, 1.82) is 0 Å². The van der Waals surface area contributed by atoms with E-state index in [-0.39, 0.29) is 11.9 Å². The Labute approximate surface area is 145 Å². The first-order chi connectivity index (χ1) is 12.2.